The Hall–Kier alpha value is -1.72. The van der Waals surface area contributed by atoms with Crippen LogP contribution in [0.5, 0.6) is 0 Å². The molecule has 0 radical (unpaired) electrons. The molecule has 1 unspecified atom stereocenters. The van der Waals surface area contributed by atoms with Gasteiger partial charge in [0.1, 0.15) is 4.88 Å². The van der Waals surface area contributed by atoms with Gasteiger partial charge in [0.05, 0.1) is 10.7 Å². The second-order valence-electron chi connectivity index (χ2n) is 6.67. The van der Waals surface area contributed by atoms with E-state index in [4.69, 9.17) is 0 Å². The molecule has 134 valence electrons. The Morgan fingerprint density at radius 2 is 2.16 bits per heavy atom. The number of benzene rings is 1. The summed E-state index contributed by atoms with van der Waals surface area (Å²) in [6, 6.07) is 10.8. The van der Waals surface area contributed by atoms with Crippen LogP contribution < -0.4 is 5.32 Å². The largest absolute Gasteiger partial charge is 0.350 e. The van der Waals surface area contributed by atoms with Crippen molar-refractivity contribution in [1.82, 2.24) is 15.2 Å². The van der Waals surface area contributed by atoms with E-state index in [1.165, 1.54) is 29.7 Å². The Morgan fingerprint density at radius 1 is 1.36 bits per heavy atom. The molecule has 25 heavy (non-hydrogen) atoms. The molecule has 1 amide bonds. The predicted octanol–water partition coefficient (Wildman–Crippen LogP) is 3.62. The number of likely N-dealkylation sites (tertiary alicyclic amines) is 1. The Bertz CT molecular complexity index is 698. The number of carbonyl (C=O) groups is 1. The van der Waals surface area contributed by atoms with Crippen molar-refractivity contribution in [1.29, 1.82) is 0 Å². The van der Waals surface area contributed by atoms with Crippen molar-refractivity contribution in [2.45, 2.75) is 39.0 Å². The van der Waals surface area contributed by atoms with Gasteiger partial charge in [0, 0.05) is 19.6 Å². The molecule has 1 saturated heterocycles. The lowest BCUT2D eigenvalue weighted by atomic mass is 9.91. The maximum Gasteiger partial charge on any atom is 0.263 e. The molecule has 2 aromatic rings. The number of hydrogen-bond donors (Lipinski definition) is 1. The smallest absolute Gasteiger partial charge is 0.263 e. The van der Waals surface area contributed by atoms with E-state index in [0.29, 0.717) is 12.5 Å². The average Bonchev–Trinajstić information content (AvgIpc) is 3.04. The van der Waals surface area contributed by atoms with Crippen LogP contribution in [0.4, 0.5) is 0 Å². The second kappa shape index (κ2) is 8.59. The van der Waals surface area contributed by atoms with Gasteiger partial charge in [0.2, 0.25) is 0 Å². The van der Waals surface area contributed by atoms with Crippen LogP contribution in [-0.2, 0) is 6.42 Å². The highest BCUT2D eigenvalue weighted by Crippen LogP contribution is 2.26. The maximum atomic E-state index is 12.4. The molecule has 1 atom stereocenters. The van der Waals surface area contributed by atoms with Crippen LogP contribution in [0, 0.1) is 6.92 Å². The standard InChI is InChI=1S/C20H27N3OS/c1-3-18-19(25-15(2)22-18)20(24)21-11-13-23-12-7-10-17(14-23)16-8-5-4-6-9-16/h4-6,8-9,17H,3,7,10-14H2,1-2H3,(H,21,24). The van der Waals surface area contributed by atoms with Crippen LogP contribution in [0.1, 0.15) is 51.6 Å². The van der Waals surface area contributed by atoms with Crippen LogP contribution in [-0.4, -0.2) is 42.0 Å². The minimum absolute atomic E-state index is 0.0269. The third kappa shape index (κ3) is 4.67. The normalized spacial score (nSPS) is 18.2. The minimum atomic E-state index is 0.0269. The van der Waals surface area contributed by atoms with Crippen molar-refractivity contribution >= 4 is 17.2 Å². The van der Waals surface area contributed by atoms with Gasteiger partial charge in [-0.25, -0.2) is 4.98 Å². The van der Waals surface area contributed by atoms with Gasteiger partial charge >= 0.3 is 0 Å². The van der Waals surface area contributed by atoms with Crippen molar-refractivity contribution < 1.29 is 4.79 Å². The molecule has 3 rings (SSSR count). The zero-order valence-corrected chi connectivity index (χ0v) is 15.9. The van der Waals surface area contributed by atoms with Gasteiger partial charge in [-0.15, -0.1) is 11.3 Å². The first-order chi connectivity index (χ1) is 12.2. The molecular formula is C20H27N3OS. The summed E-state index contributed by atoms with van der Waals surface area (Å²) >= 11 is 1.49. The minimum Gasteiger partial charge on any atom is -0.350 e. The van der Waals surface area contributed by atoms with Gasteiger partial charge in [0.15, 0.2) is 0 Å². The highest BCUT2D eigenvalue weighted by molar-refractivity contribution is 7.13. The number of aromatic nitrogens is 1. The molecule has 0 bridgehead atoms. The third-order valence-electron chi connectivity index (χ3n) is 4.84. The summed E-state index contributed by atoms with van der Waals surface area (Å²) in [7, 11) is 0. The van der Waals surface area contributed by atoms with E-state index >= 15 is 0 Å². The Balaban J connectivity index is 1.49. The molecule has 0 spiro atoms. The maximum absolute atomic E-state index is 12.4. The first-order valence-corrected chi connectivity index (χ1v) is 10.0. The van der Waals surface area contributed by atoms with Crippen LogP contribution >= 0.6 is 11.3 Å². The molecule has 2 heterocycles. The molecule has 1 aromatic heterocycles. The van der Waals surface area contributed by atoms with Crippen molar-refractivity contribution in [3.8, 4) is 0 Å². The lowest BCUT2D eigenvalue weighted by Gasteiger charge is -2.33. The fourth-order valence-electron chi connectivity index (χ4n) is 3.55. The number of nitrogens with zero attached hydrogens (tertiary/aromatic N) is 2. The Kier molecular flexibility index (Phi) is 6.21. The van der Waals surface area contributed by atoms with E-state index in [1.807, 2.05) is 13.8 Å². The molecule has 0 aliphatic carbocycles. The number of nitrogens with one attached hydrogen (secondary N) is 1. The zero-order valence-electron chi connectivity index (χ0n) is 15.1. The summed E-state index contributed by atoms with van der Waals surface area (Å²) in [5.74, 6) is 0.639. The number of hydrogen-bond acceptors (Lipinski definition) is 4. The highest BCUT2D eigenvalue weighted by atomic mass is 32.1. The van der Waals surface area contributed by atoms with Gasteiger partial charge in [0.25, 0.3) is 5.91 Å². The highest BCUT2D eigenvalue weighted by Gasteiger charge is 2.21. The first kappa shape index (κ1) is 18.1. The molecule has 1 aromatic carbocycles. The second-order valence-corrected chi connectivity index (χ2v) is 7.87. The molecule has 1 aliphatic rings. The van der Waals surface area contributed by atoms with Crippen LogP contribution in [0.15, 0.2) is 30.3 Å². The van der Waals surface area contributed by atoms with Crippen molar-refractivity contribution in [3.63, 3.8) is 0 Å². The number of piperidine rings is 1. The SMILES string of the molecule is CCc1nc(C)sc1C(=O)NCCN1CCCC(c2ccccc2)C1. The summed E-state index contributed by atoms with van der Waals surface area (Å²) in [4.78, 5) is 20.1. The number of aryl methyl sites for hydroxylation is 2. The summed E-state index contributed by atoms with van der Waals surface area (Å²) in [6.45, 7) is 7.81. The number of carbonyl (C=O) groups excluding carboxylic acids is 1. The molecule has 1 N–H and O–H groups in total. The molecule has 1 aliphatic heterocycles. The summed E-state index contributed by atoms with van der Waals surface area (Å²) in [5, 5.41) is 4.04. The zero-order chi connectivity index (χ0) is 17.6. The topological polar surface area (TPSA) is 45.2 Å². The molecule has 4 nitrogen and oxygen atoms in total. The van der Waals surface area contributed by atoms with Crippen molar-refractivity contribution in [3.05, 3.63) is 51.5 Å². The Labute approximate surface area is 154 Å². The third-order valence-corrected chi connectivity index (χ3v) is 5.85. The first-order valence-electron chi connectivity index (χ1n) is 9.19. The average molecular weight is 358 g/mol. The van der Waals surface area contributed by atoms with Crippen LogP contribution in [0.2, 0.25) is 0 Å². The van der Waals surface area contributed by atoms with Crippen molar-refractivity contribution in [2.75, 3.05) is 26.2 Å². The van der Waals surface area contributed by atoms with E-state index in [-0.39, 0.29) is 5.91 Å². The lowest BCUT2D eigenvalue weighted by Crippen LogP contribution is -2.40. The molecular weight excluding hydrogens is 330 g/mol. The quantitative estimate of drug-likeness (QED) is 0.859. The molecule has 5 heteroatoms. The van der Waals surface area contributed by atoms with Gasteiger partial charge in [-0.1, -0.05) is 37.3 Å². The van der Waals surface area contributed by atoms with E-state index < -0.39 is 0 Å². The Morgan fingerprint density at radius 3 is 2.92 bits per heavy atom. The van der Waals surface area contributed by atoms with Crippen LogP contribution in [0.3, 0.4) is 0 Å². The fourth-order valence-corrected chi connectivity index (χ4v) is 4.47. The van der Waals surface area contributed by atoms with Gasteiger partial charge in [-0.05, 0) is 44.2 Å². The summed E-state index contributed by atoms with van der Waals surface area (Å²) < 4.78 is 0. The van der Waals surface area contributed by atoms with E-state index in [0.717, 1.165) is 41.6 Å². The van der Waals surface area contributed by atoms with Crippen LogP contribution in [0.25, 0.3) is 0 Å². The summed E-state index contributed by atoms with van der Waals surface area (Å²) in [5.41, 5.74) is 2.35. The van der Waals surface area contributed by atoms with E-state index in [9.17, 15) is 4.79 Å². The molecule has 0 saturated carbocycles. The number of thiazole rings is 1. The van der Waals surface area contributed by atoms with E-state index in [1.54, 1.807) is 0 Å². The monoisotopic (exact) mass is 357 g/mol. The fraction of sp³-hybridized carbons (Fsp3) is 0.500. The summed E-state index contributed by atoms with van der Waals surface area (Å²) in [6.07, 6.45) is 3.28. The van der Waals surface area contributed by atoms with Gasteiger partial charge < -0.3 is 10.2 Å². The number of amides is 1. The molecule has 1 fully saturated rings. The van der Waals surface area contributed by atoms with Gasteiger partial charge in [-0.3, -0.25) is 4.79 Å². The van der Waals surface area contributed by atoms with Gasteiger partial charge in [-0.2, -0.15) is 0 Å². The lowest BCUT2D eigenvalue weighted by molar-refractivity contribution is 0.0948. The van der Waals surface area contributed by atoms with E-state index in [2.05, 4.69) is 45.5 Å². The van der Waals surface area contributed by atoms with Crippen molar-refractivity contribution in [2.24, 2.45) is 0 Å². The predicted molar refractivity (Wildman–Crippen MR) is 103 cm³/mol. The number of rotatable bonds is 6.